The molecule has 0 saturated carbocycles. The van der Waals surface area contributed by atoms with Gasteiger partial charge in [-0.15, -0.1) is 0 Å². The summed E-state index contributed by atoms with van der Waals surface area (Å²) in [4.78, 5) is 0.258. The summed E-state index contributed by atoms with van der Waals surface area (Å²) in [5, 5.41) is 0. The third kappa shape index (κ3) is 3.63. The van der Waals surface area contributed by atoms with E-state index < -0.39 is 10.0 Å². The third-order valence-corrected chi connectivity index (χ3v) is 6.07. The summed E-state index contributed by atoms with van der Waals surface area (Å²) in [6.45, 7) is 0.712. The summed E-state index contributed by atoms with van der Waals surface area (Å²) in [6, 6.07) is 12.9. The van der Waals surface area contributed by atoms with Gasteiger partial charge >= 0.3 is 0 Å². The molecule has 1 fully saturated rings. The van der Waals surface area contributed by atoms with E-state index in [1.54, 1.807) is 42.5 Å². The molecule has 0 radical (unpaired) electrons. The van der Waals surface area contributed by atoms with E-state index in [1.807, 2.05) is 0 Å². The molecule has 0 N–H and O–H groups in total. The van der Waals surface area contributed by atoms with E-state index in [0.717, 1.165) is 4.47 Å². The van der Waals surface area contributed by atoms with Crippen molar-refractivity contribution in [2.75, 3.05) is 13.1 Å². The minimum atomic E-state index is -3.48. The lowest BCUT2D eigenvalue weighted by Gasteiger charge is -2.37. The second-order valence-corrected chi connectivity index (χ2v) is 8.15. The Kier molecular flexibility index (Phi) is 4.82. The number of nitrogens with zero attached hydrogens (tertiary/aromatic N) is 1. The third-order valence-electron chi connectivity index (χ3n) is 3.70. The number of halogens is 2. The van der Waals surface area contributed by atoms with Gasteiger partial charge in [0.2, 0.25) is 10.0 Å². The average Bonchev–Trinajstić information content (AvgIpc) is 2.47. The fourth-order valence-electron chi connectivity index (χ4n) is 2.28. The number of sulfonamides is 1. The summed E-state index contributed by atoms with van der Waals surface area (Å²) in [7, 11) is -3.48. The zero-order valence-electron chi connectivity index (χ0n) is 12.2. The van der Waals surface area contributed by atoms with Gasteiger partial charge in [-0.2, -0.15) is 4.31 Å². The Morgan fingerprint density at radius 3 is 2.43 bits per heavy atom. The Morgan fingerprint density at radius 1 is 1.13 bits per heavy atom. The van der Waals surface area contributed by atoms with Gasteiger partial charge in [-0.25, -0.2) is 12.8 Å². The van der Waals surface area contributed by atoms with Crippen LogP contribution in [0.4, 0.5) is 4.39 Å². The molecule has 0 bridgehead atoms. The predicted molar refractivity (Wildman–Crippen MR) is 87.9 cm³/mol. The molecule has 0 aromatic heterocycles. The molecule has 0 spiro atoms. The predicted octanol–water partition coefficient (Wildman–Crippen LogP) is 3.18. The van der Waals surface area contributed by atoms with Crippen molar-refractivity contribution in [3.63, 3.8) is 0 Å². The first kappa shape index (κ1) is 16.6. The molecule has 0 amide bonds. The van der Waals surface area contributed by atoms with E-state index in [0.29, 0.717) is 5.56 Å². The first-order valence-electron chi connectivity index (χ1n) is 7.07. The van der Waals surface area contributed by atoms with Gasteiger partial charge in [-0.05, 0) is 30.3 Å². The summed E-state index contributed by atoms with van der Waals surface area (Å²) in [6.07, 6.45) is -0.208. The second kappa shape index (κ2) is 6.68. The van der Waals surface area contributed by atoms with Gasteiger partial charge in [-0.1, -0.05) is 34.1 Å². The summed E-state index contributed by atoms with van der Waals surface area (Å²) < 4.78 is 46.0. The van der Waals surface area contributed by atoms with E-state index in [1.165, 1.54) is 10.4 Å². The van der Waals surface area contributed by atoms with Crippen LogP contribution in [0.15, 0.2) is 57.9 Å². The van der Waals surface area contributed by atoms with Gasteiger partial charge in [-0.3, -0.25) is 0 Å². The Hall–Kier alpha value is -1.28. The van der Waals surface area contributed by atoms with Crippen LogP contribution < -0.4 is 0 Å². The normalized spacial score (nSPS) is 16.3. The zero-order chi connectivity index (χ0) is 16.4. The molecule has 1 heterocycles. The van der Waals surface area contributed by atoms with Crippen LogP contribution in [0.3, 0.4) is 0 Å². The lowest BCUT2D eigenvalue weighted by atomic mass is 10.2. The van der Waals surface area contributed by atoms with Gasteiger partial charge in [0.25, 0.3) is 0 Å². The molecule has 23 heavy (non-hydrogen) atoms. The van der Waals surface area contributed by atoms with Gasteiger partial charge in [0.1, 0.15) is 5.82 Å². The van der Waals surface area contributed by atoms with Gasteiger partial charge < -0.3 is 4.74 Å². The van der Waals surface area contributed by atoms with E-state index in [-0.39, 0.29) is 36.5 Å². The Bertz CT molecular complexity index is 789. The molecule has 7 heteroatoms. The van der Waals surface area contributed by atoms with E-state index in [2.05, 4.69) is 15.9 Å². The highest BCUT2D eigenvalue weighted by atomic mass is 79.9. The molecule has 1 saturated heterocycles. The molecule has 2 aromatic carbocycles. The van der Waals surface area contributed by atoms with Crippen molar-refractivity contribution in [2.24, 2.45) is 0 Å². The standard InChI is InChI=1S/C16H15BrFNO3S/c17-13-5-7-15(8-6-13)23(20,21)19-9-14(10-19)22-11-12-3-1-2-4-16(12)18/h1-8,14H,9-11H2. The highest BCUT2D eigenvalue weighted by Crippen LogP contribution is 2.25. The lowest BCUT2D eigenvalue weighted by molar-refractivity contribution is -0.0304. The van der Waals surface area contributed by atoms with Crippen LogP contribution >= 0.6 is 15.9 Å². The maximum atomic E-state index is 13.5. The van der Waals surface area contributed by atoms with E-state index in [4.69, 9.17) is 4.74 Å². The van der Waals surface area contributed by atoms with Crippen LogP contribution in [0.5, 0.6) is 0 Å². The second-order valence-electron chi connectivity index (χ2n) is 5.30. The molecule has 2 aromatic rings. The summed E-state index contributed by atoms with van der Waals surface area (Å²) in [5.74, 6) is -0.314. The van der Waals surface area contributed by atoms with Crippen LogP contribution in [-0.2, 0) is 21.4 Å². The molecular weight excluding hydrogens is 385 g/mol. The molecular formula is C16H15BrFNO3S. The van der Waals surface area contributed by atoms with Crippen molar-refractivity contribution in [1.29, 1.82) is 0 Å². The number of rotatable bonds is 5. The maximum Gasteiger partial charge on any atom is 0.243 e. The highest BCUT2D eigenvalue weighted by Gasteiger charge is 2.37. The van der Waals surface area contributed by atoms with Crippen molar-refractivity contribution in [3.8, 4) is 0 Å². The minimum absolute atomic E-state index is 0.142. The molecule has 0 aliphatic carbocycles. The molecule has 0 atom stereocenters. The maximum absolute atomic E-state index is 13.5. The molecule has 1 aliphatic rings. The smallest absolute Gasteiger partial charge is 0.243 e. The van der Waals surface area contributed by atoms with Crippen molar-refractivity contribution < 1.29 is 17.5 Å². The first-order valence-corrected chi connectivity index (χ1v) is 9.31. The minimum Gasteiger partial charge on any atom is -0.371 e. The molecule has 0 unspecified atom stereocenters. The quantitative estimate of drug-likeness (QED) is 0.775. The monoisotopic (exact) mass is 399 g/mol. The highest BCUT2D eigenvalue weighted by molar-refractivity contribution is 9.10. The molecule has 1 aliphatic heterocycles. The van der Waals surface area contributed by atoms with Gasteiger partial charge in [0, 0.05) is 23.1 Å². The largest absolute Gasteiger partial charge is 0.371 e. The van der Waals surface area contributed by atoms with Crippen molar-refractivity contribution in [2.45, 2.75) is 17.6 Å². The zero-order valence-corrected chi connectivity index (χ0v) is 14.6. The Labute approximate surface area is 143 Å². The topological polar surface area (TPSA) is 46.6 Å². The van der Waals surface area contributed by atoms with Crippen molar-refractivity contribution >= 4 is 26.0 Å². The van der Waals surface area contributed by atoms with Crippen LogP contribution in [0.2, 0.25) is 0 Å². The number of benzene rings is 2. The SMILES string of the molecule is O=S(=O)(c1ccc(Br)cc1)N1CC(OCc2ccccc2F)C1. The van der Waals surface area contributed by atoms with Crippen LogP contribution in [0.25, 0.3) is 0 Å². The fraction of sp³-hybridized carbons (Fsp3) is 0.250. The van der Waals surface area contributed by atoms with Gasteiger partial charge in [0.15, 0.2) is 0 Å². The summed E-state index contributed by atoms with van der Waals surface area (Å²) in [5.41, 5.74) is 0.474. The van der Waals surface area contributed by atoms with Crippen LogP contribution in [-0.4, -0.2) is 31.9 Å². The van der Waals surface area contributed by atoms with Gasteiger partial charge in [0.05, 0.1) is 17.6 Å². The van der Waals surface area contributed by atoms with E-state index >= 15 is 0 Å². The number of hydrogen-bond acceptors (Lipinski definition) is 3. The van der Waals surface area contributed by atoms with Crippen LogP contribution in [0, 0.1) is 5.82 Å². The first-order chi connectivity index (χ1) is 11.0. The van der Waals surface area contributed by atoms with Crippen LogP contribution in [0.1, 0.15) is 5.56 Å². The Balaban J connectivity index is 1.56. The fourth-order valence-corrected chi connectivity index (χ4v) is 4.05. The lowest BCUT2D eigenvalue weighted by Crippen LogP contribution is -2.54. The molecule has 122 valence electrons. The van der Waals surface area contributed by atoms with Crippen molar-refractivity contribution in [1.82, 2.24) is 4.31 Å². The average molecular weight is 400 g/mol. The summed E-state index contributed by atoms with van der Waals surface area (Å²) >= 11 is 3.28. The molecule has 3 rings (SSSR count). The molecule has 4 nitrogen and oxygen atoms in total. The van der Waals surface area contributed by atoms with E-state index in [9.17, 15) is 12.8 Å². The van der Waals surface area contributed by atoms with Crippen molar-refractivity contribution in [3.05, 3.63) is 64.4 Å². The number of hydrogen-bond donors (Lipinski definition) is 0. The number of ether oxygens (including phenoxy) is 1. The Morgan fingerprint density at radius 2 is 1.78 bits per heavy atom.